The Labute approximate surface area is 161 Å². The molecule has 7 heteroatoms. The first-order valence-corrected chi connectivity index (χ1v) is 10.9. The first-order valence-electron chi connectivity index (χ1n) is 8.02. The van der Waals surface area contributed by atoms with Crippen LogP contribution in [0.25, 0.3) is 0 Å². The zero-order valence-electron chi connectivity index (χ0n) is 13.6. The van der Waals surface area contributed by atoms with Crippen molar-refractivity contribution in [2.24, 2.45) is 0 Å². The number of amides is 1. The molecule has 1 heterocycles. The lowest BCUT2D eigenvalue weighted by Crippen LogP contribution is -2.44. The van der Waals surface area contributed by atoms with E-state index < -0.39 is 9.84 Å². The third kappa shape index (κ3) is 4.52. The second kappa shape index (κ2) is 7.74. The molecule has 1 aliphatic rings. The van der Waals surface area contributed by atoms with Crippen LogP contribution in [-0.2, 0) is 14.6 Å². The number of sulfone groups is 1. The van der Waals surface area contributed by atoms with E-state index in [4.69, 9.17) is 0 Å². The van der Waals surface area contributed by atoms with Gasteiger partial charge in [-0.3, -0.25) is 4.79 Å². The molecule has 3 rings (SSSR count). The lowest BCUT2D eigenvalue weighted by Gasteiger charge is -2.28. The Morgan fingerprint density at radius 3 is 2.44 bits per heavy atom. The molecule has 0 bridgehead atoms. The molecule has 1 aliphatic heterocycles. The second-order valence-electron chi connectivity index (χ2n) is 5.99. The molecule has 2 aromatic rings. The number of nitrogens with one attached hydrogen (secondary N) is 1. The van der Waals surface area contributed by atoms with E-state index in [0.717, 1.165) is 14.9 Å². The molecule has 0 spiro atoms. The van der Waals surface area contributed by atoms with Gasteiger partial charge in [0.2, 0.25) is 5.91 Å². The standard InChI is InChI=1S/C18H19IN2O3S/c19-16-8-4-5-9-17(16)20-12-18(22)21(14-6-2-1-3-7-14)15-10-11-25(23,24)13-15/h1-9,15,20H,10-13H2/t15-/m1/s1. The van der Waals surface area contributed by atoms with Gasteiger partial charge in [-0.2, -0.15) is 0 Å². The predicted molar refractivity (Wildman–Crippen MR) is 109 cm³/mol. The van der Waals surface area contributed by atoms with Crippen molar-refractivity contribution >= 4 is 49.7 Å². The van der Waals surface area contributed by atoms with Crippen molar-refractivity contribution in [2.75, 3.05) is 28.3 Å². The zero-order chi connectivity index (χ0) is 17.9. The summed E-state index contributed by atoms with van der Waals surface area (Å²) < 4.78 is 24.8. The van der Waals surface area contributed by atoms with E-state index in [0.29, 0.717) is 6.42 Å². The molecule has 1 fully saturated rings. The molecule has 25 heavy (non-hydrogen) atoms. The number of nitrogens with zero attached hydrogens (tertiary/aromatic N) is 1. The summed E-state index contributed by atoms with van der Waals surface area (Å²) in [4.78, 5) is 14.5. The average molecular weight is 470 g/mol. The Morgan fingerprint density at radius 1 is 1.12 bits per heavy atom. The molecule has 0 aromatic heterocycles. The first-order chi connectivity index (χ1) is 12.0. The van der Waals surface area contributed by atoms with Crippen LogP contribution in [0.3, 0.4) is 0 Å². The highest BCUT2D eigenvalue weighted by Crippen LogP contribution is 2.25. The molecule has 132 valence electrons. The minimum absolute atomic E-state index is 0.0243. The summed E-state index contributed by atoms with van der Waals surface area (Å²) in [5.74, 6) is 0.0300. The monoisotopic (exact) mass is 470 g/mol. The van der Waals surface area contributed by atoms with Gasteiger partial charge in [0, 0.05) is 14.9 Å². The molecule has 1 N–H and O–H groups in total. The number of hydrogen-bond acceptors (Lipinski definition) is 4. The van der Waals surface area contributed by atoms with Crippen molar-refractivity contribution < 1.29 is 13.2 Å². The number of carbonyl (C=O) groups excluding carboxylic acids is 1. The van der Waals surface area contributed by atoms with Gasteiger partial charge < -0.3 is 10.2 Å². The topological polar surface area (TPSA) is 66.5 Å². The van der Waals surface area contributed by atoms with Crippen molar-refractivity contribution in [2.45, 2.75) is 12.5 Å². The molecule has 0 saturated carbocycles. The number of rotatable bonds is 5. The summed E-state index contributed by atoms with van der Waals surface area (Å²) >= 11 is 2.21. The molecule has 1 amide bonds. The maximum Gasteiger partial charge on any atom is 0.246 e. The number of carbonyl (C=O) groups is 1. The van der Waals surface area contributed by atoms with Crippen LogP contribution in [0.1, 0.15) is 6.42 Å². The summed E-state index contributed by atoms with van der Waals surface area (Å²) in [5.41, 5.74) is 1.63. The Hall–Kier alpha value is -1.61. The average Bonchev–Trinajstić information content (AvgIpc) is 2.95. The molecule has 1 saturated heterocycles. The maximum absolute atomic E-state index is 12.9. The molecule has 5 nitrogen and oxygen atoms in total. The molecule has 2 aromatic carbocycles. The summed E-state index contributed by atoms with van der Waals surface area (Å²) in [6.07, 6.45) is 0.478. The van der Waals surface area contributed by atoms with Crippen molar-refractivity contribution in [3.05, 3.63) is 58.2 Å². The van der Waals surface area contributed by atoms with Crippen LogP contribution in [0.5, 0.6) is 0 Å². The summed E-state index contributed by atoms with van der Waals surface area (Å²) in [7, 11) is -3.07. The van der Waals surface area contributed by atoms with Crippen LogP contribution in [0.2, 0.25) is 0 Å². The number of benzene rings is 2. The second-order valence-corrected chi connectivity index (χ2v) is 9.38. The highest BCUT2D eigenvalue weighted by atomic mass is 127. The Morgan fingerprint density at radius 2 is 1.80 bits per heavy atom. The van der Waals surface area contributed by atoms with Crippen molar-refractivity contribution in [3.8, 4) is 0 Å². The third-order valence-electron chi connectivity index (χ3n) is 4.18. The van der Waals surface area contributed by atoms with E-state index in [1.54, 1.807) is 4.90 Å². The smallest absolute Gasteiger partial charge is 0.246 e. The number of hydrogen-bond donors (Lipinski definition) is 1. The van der Waals surface area contributed by atoms with Gasteiger partial charge in [0.1, 0.15) is 0 Å². The van der Waals surface area contributed by atoms with Crippen molar-refractivity contribution in [3.63, 3.8) is 0 Å². The van der Waals surface area contributed by atoms with Crippen molar-refractivity contribution in [1.29, 1.82) is 0 Å². The maximum atomic E-state index is 12.9. The van der Waals surface area contributed by atoms with E-state index >= 15 is 0 Å². The Balaban J connectivity index is 1.79. The van der Waals surface area contributed by atoms with Crippen LogP contribution in [0.4, 0.5) is 11.4 Å². The van der Waals surface area contributed by atoms with E-state index in [-0.39, 0.29) is 30.0 Å². The minimum Gasteiger partial charge on any atom is -0.375 e. The van der Waals surface area contributed by atoms with Crippen LogP contribution in [0, 0.1) is 3.57 Å². The summed E-state index contributed by atoms with van der Waals surface area (Å²) in [5, 5.41) is 3.16. The van der Waals surface area contributed by atoms with Crippen molar-refractivity contribution in [1.82, 2.24) is 0 Å². The summed E-state index contributed by atoms with van der Waals surface area (Å²) in [6, 6.07) is 16.7. The van der Waals surface area contributed by atoms with E-state index in [1.807, 2.05) is 54.6 Å². The van der Waals surface area contributed by atoms with Gasteiger partial charge in [-0.1, -0.05) is 30.3 Å². The highest BCUT2D eigenvalue weighted by molar-refractivity contribution is 14.1. The number of halogens is 1. The van der Waals surface area contributed by atoms with Crippen LogP contribution >= 0.6 is 22.6 Å². The number of anilines is 2. The lowest BCUT2D eigenvalue weighted by atomic mass is 10.1. The lowest BCUT2D eigenvalue weighted by molar-refractivity contribution is -0.117. The van der Waals surface area contributed by atoms with Gasteiger partial charge >= 0.3 is 0 Å². The Kier molecular flexibility index (Phi) is 5.63. The van der Waals surface area contributed by atoms with E-state index in [2.05, 4.69) is 27.9 Å². The molecule has 1 atom stereocenters. The van der Waals surface area contributed by atoms with Crippen LogP contribution in [0.15, 0.2) is 54.6 Å². The fraction of sp³-hybridized carbons (Fsp3) is 0.278. The minimum atomic E-state index is -3.07. The molecule has 0 aliphatic carbocycles. The number of para-hydroxylation sites is 2. The van der Waals surface area contributed by atoms with Gasteiger partial charge in [0.15, 0.2) is 9.84 Å². The zero-order valence-corrected chi connectivity index (χ0v) is 16.5. The molecule has 0 unspecified atom stereocenters. The molecular weight excluding hydrogens is 451 g/mol. The third-order valence-corrected chi connectivity index (χ3v) is 6.87. The van der Waals surface area contributed by atoms with Crippen LogP contribution in [-0.4, -0.2) is 38.4 Å². The SMILES string of the molecule is O=C(CNc1ccccc1I)N(c1ccccc1)[C@@H]1CCS(=O)(=O)C1. The fourth-order valence-electron chi connectivity index (χ4n) is 2.99. The quantitative estimate of drug-likeness (QED) is 0.683. The van der Waals surface area contributed by atoms with E-state index in [1.165, 1.54) is 0 Å². The van der Waals surface area contributed by atoms with Gasteiger partial charge in [-0.25, -0.2) is 8.42 Å². The normalized spacial score (nSPS) is 18.7. The van der Waals surface area contributed by atoms with E-state index in [9.17, 15) is 13.2 Å². The molecular formula is C18H19IN2O3S. The fourth-order valence-corrected chi connectivity index (χ4v) is 5.26. The van der Waals surface area contributed by atoms with Gasteiger partial charge in [-0.15, -0.1) is 0 Å². The first kappa shape index (κ1) is 18.2. The predicted octanol–water partition coefficient (Wildman–Crippen LogP) is 2.92. The van der Waals surface area contributed by atoms with Gasteiger partial charge in [0.05, 0.1) is 24.1 Å². The largest absolute Gasteiger partial charge is 0.375 e. The van der Waals surface area contributed by atoms with Crippen LogP contribution < -0.4 is 10.2 Å². The van der Waals surface area contributed by atoms with Gasteiger partial charge in [0.25, 0.3) is 0 Å². The molecule has 0 radical (unpaired) electrons. The van der Waals surface area contributed by atoms with Gasteiger partial charge in [-0.05, 0) is 53.3 Å². The Bertz CT molecular complexity index is 856. The highest BCUT2D eigenvalue weighted by Gasteiger charge is 2.35. The summed E-state index contributed by atoms with van der Waals surface area (Å²) in [6.45, 7) is 0.117.